The molecule has 0 aliphatic heterocycles. The van der Waals surface area contributed by atoms with Gasteiger partial charge < -0.3 is 10.2 Å². The largest absolute Gasteiger partial charge is 0.446 e. The van der Waals surface area contributed by atoms with Crippen molar-refractivity contribution in [2.24, 2.45) is 0 Å². The lowest BCUT2D eigenvalue weighted by molar-refractivity contribution is 0.536. The molecule has 2 heterocycles. The van der Waals surface area contributed by atoms with Crippen LogP contribution in [0.5, 0.6) is 0 Å². The number of aryl methyl sites for hydroxylation is 1. The first kappa shape index (κ1) is 7.91. The van der Waals surface area contributed by atoms with Crippen molar-refractivity contribution in [3.8, 4) is 0 Å². The standard InChI is InChI=1S/C9H11N3O/c1-6-5-11-12-8(6)4-7-2-3-9(10)13-7/h2-3,5H,4,10H2,1H3,(H,11,12). The molecule has 2 rings (SSSR count). The third-order valence-corrected chi connectivity index (χ3v) is 1.97. The SMILES string of the molecule is Cc1cn[nH]c1Cc1ccc(N)o1. The van der Waals surface area contributed by atoms with Gasteiger partial charge in [-0.25, -0.2) is 0 Å². The van der Waals surface area contributed by atoms with E-state index in [1.165, 1.54) is 0 Å². The van der Waals surface area contributed by atoms with Gasteiger partial charge in [0, 0.05) is 18.2 Å². The van der Waals surface area contributed by atoms with E-state index in [4.69, 9.17) is 10.2 Å². The molecule has 0 amide bonds. The second-order valence-corrected chi connectivity index (χ2v) is 3.01. The maximum Gasteiger partial charge on any atom is 0.190 e. The lowest BCUT2D eigenvalue weighted by atomic mass is 10.2. The molecule has 0 unspecified atom stereocenters. The van der Waals surface area contributed by atoms with Crippen molar-refractivity contribution in [2.45, 2.75) is 13.3 Å². The highest BCUT2D eigenvalue weighted by Crippen LogP contribution is 2.14. The normalized spacial score (nSPS) is 10.5. The Morgan fingerprint density at radius 1 is 1.54 bits per heavy atom. The Kier molecular flexibility index (Phi) is 1.81. The fourth-order valence-electron chi connectivity index (χ4n) is 1.22. The van der Waals surface area contributed by atoms with Crippen molar-refractivity contribution < 1.29 is 4.42 Å². The second-order valence-electron chi connectivity index (χ2n) is 3.01. The highest BCUT2D eigenvalue weighted by atomic mass is 16.3. The summed E-state index contributed by atoms with van der Waals surface area (Å²) >= 11 is 0. The summed E-state index contributed by atoms with van der Waals surface area (Å²) < 4.78 is 5.24. The molecule has 4 nitrogen and oxygen atoms in total. The fraction of sp³-hybridized carbons (Fsp3) is 0.222. The van der Waals surface area contributed by atoms with Crippen LogP contribution in [0.4, 0.5) is 5.88 Å². The molecule has 0 aromatic carbocycles. The fourth-order valence-corrected chi connectivity index (χ4v) is 1.22. The van der Waals surface area contributed by atoms with E-state index in [-0.39, 0.29) is 0 Å². The van der Waals surface area contributed by atoms with Gasteiger partial charge in [0.1, 0.15) is 5.76 Å². The topological polar surface area (TPSA) is 67.8 Å². The molecule has 4 heteroatoms. The third kappa shape index (κ3) is 1.56. The van der Waals surface area contributed by atoms with Gasteiger partial charge in [-0.05, 0) is 18.6 Å². The summed E-state index contributed by atoms with van der Waals surface area (Å²) in [7, 11) is 0. The zero-order chi connectivity index (χ0) is 9.26. The molecular formula is C9H11N3O. The summed E-state index contributed by atoms with van der Waals surface area (Å²) in [5, 5.41) is 6.84. The number of nitrogens with zero attached hydrogens (tertiary/aromatic N) is 1. The average Bonchev–Trinajstić information content (AvgIpc) is 2.64. The summed E-state index contributed by atoms with van der Waals surface area (Å²) in [6.45, 7) is 2.01. The maximum atomic E-state index is 5.45. The van der Waals surface area contributed by atoms with Crippen LogP contribution in [0, 0.1) is 6.92 Å². The zero-order valence-electron chi connectivity index (χ0n) is 7.37. The van der Waals surface area contributed by atoms with E-state index in [2.05, 4.69) is 10.2 Å². The first-order valence-corrected chi connectivity index (χ1v) is 4.09. The van der Waals surface area contributed by atoms with E-state index in [0.29, 0.717) is 12.3 Å². The van der Waals surface area contributed by atoms with Gasteiger partial charge in [-0.2, -0.15) is 5.10 Å². The molecule has 68 valence electrons. The number of rotatable bonds is 2. The van der Waals surface area contributed by atoms with E-state index in [1.54, 1.807) is 12.3 Å². The lowest BCUT2D eigenvalue weighted by Gasteiger charge is -1.94. The predicted octanol–water partition coefficient (Wildman–Crippen LogP) is 1.48. The van der Waals surface area contributed by atoms with Gasteiger partial charge >= 0.3 is 0 Å². The van der Waals surface area contributed by atoms with Crippen molar-refractivity contribution >= 4 is 5.88 Å². The molecule has 0 aliphatic carbocycles. The molecule has 0 saturated heterocycles. The summed E-state index contributed by atoms with van der Waals surface area (Å²) in [5.41, 5.74) is 7.65. The van der Waals surface area contributed by atoms with Gasteiger partial charge in [0.15, 0.2) is 5.88 Å². The molecular weight excluding hydrogens is 166 g/mol. The van der Waals surface area contributed by atoms with Gasteiger partial charge in [-0.15, -0.1) is 0 Å². The Hall–Kier alpha value is -1.71. The van der Waals surface area contributed by atoms with Crippen molar-refractivity contribution in [3.05, 3.63) is 35.3 Å². The van der Waals surface area contributed by atoms with E-state index < -0.39 is 0 Å². The van der Waals surface area contributed by atoms with Crippen molar-refractivity contribution in [1.29, 1.82) is 0 Å². The highest BCUT2D eigenvalue weighted by molar-refractivity contribution is 5.28. The summed E-state index contributed by atoms with van der Waals surface area (Å²) in [5.74, 6) is 1.30. The molecule has 0 saturated carbocycles. The number of hydrogen-bond acceptors (Lipinski definition) is 3. The van der Waals surface area contributed by atoms with E-state index >= 15 is 0 Å². The lowest BCUT2D eigenvalue weighted by Crippen LogP contribution is -1.88. The van der Waals surface area contributed by atoms with Crippen LogP contribution >= 0.6 is 0 Å². The molecule has 13 heavy (non-hydrogen) atoms. The van der Waals surface area contributed by atoms with Crippen LogP contribution < -0.4 is 5.73 Å². The number of nitrogen functional groups attached to an aromatic ring is 1. The predicted molar refractivity (Wildman–Crippen MR) is 49.3 cm³/mol. The second kappa shape index (κ2) is 2.97. The smallest absolute Gasteiger partial charge is 0.190 e. The van der Waals surface area contributed by atoms with Crippen molar-refractivity contribution in [3.63, 3.8) is 0 Å². The average molecular weight is 177 g/mol. The Labute approximate surface area is 75.7 Å². The Morgan fingerprint density at radius 2 is 2.38 bits per heavy atom. The van der Waals surface area contributed by atoms with E-state index in [1.807, 2.05) is 13.0 Å². The van der Waals surface area contributed by atoms with E-state index in [0.717, 1.165) is 17.0 Å². The number of anilines is 1. The molecule has 0 radical (unpaired) electrons. The van der Waals surface area contributed by atoms with Crippen molar-refractivity contribution in [1.82, 2.24) is 10.2 Å². The first-order chi connectivity index (χ1) is 6.25. The molecule has 3 N–H and O–H groups in total. The van der Waals surface area contributed by atoms with Crippen LogP contribution in [-0.2, 0) is 6.42 Å². The maximum absolute atomic E-state index is 5.45. The van der Waals surface area contributed by atoms with Crippen LogP contribution in [0.15, 0.2) is 22.7 Å². The number of hydrogen-bond donors (Lipinski definition) is 2. The molecule has 0 fully saturated rings. The van der Waals surface area contributed by atoms with Crippen LogP contribution in [0.1, 0.15) is 17.0 Å². The number of H-pyrrole nitrogens is 1. The van der Waals surface area contributed by atoms with Crippen LogP contribution in [0.2, 0.25) is 0 Å². The zero-order valence-corrected chi connectivity index (χ0v) is 7.37. The number of nitrogens with one attached hydrogen (secondary N) is 1. The summed E-state index contributed by atoms with van der Waals surface area (Å²) in [6, 6.07) is 3.62. The van der Waals surface area contributed by atoms with Gasteiger partial charge in [0.25, 0.3) is 0 Å². The van der Waals surface area contributed by atoms with Gasteiger partial charge in [0.05, 0.1) is 6.20 Å². The van der Waals surface area contributed by atoms with Crippen LogP contribution in [-0.4, -0.2) is 10.2 Å². The summed E-state index contributed by atoms with van der Waals surface area (Å²) in [6.07, 6.45) is 2.50. The molecule has 2 aromatic rings. The molecule has 0 bridgehead atoms. The number of aromatic amines is 1. The minimum Gasteiger partial charge on any atom is -0.446 e. The minimum atomic E-state index is 0.451. The Balaban J connectivity index is 2.19. The molecule has 0 atom stereocenters. The summed E-state index contributed by atoms with van der Waals surface area (Å²) in [4.78, 5) is 0. The third-order valence-electron chi connectivity index (χ3n) is 1.97. The minimum absolute atomic E-state index is 0.451. The molecule has 2 aromatic heterocycles. The Bertz CT molecular complexity index is 402. The Morgan fingerprint density at radius 3 is 2.92 bits per heavy atom. The number of furan rings is 1. The highest BCUT2D eigenvalue weighted by Gasteiger charge is 2.04. The van der Waals surface area contributed by atoms with Gasteiger partial charge in [-0.3, -0.25) is 5.10 Å². The van der Waals surface area contributed by atoms with Crippen LogP contribution in [0.3, 0.4) is 0 Å². The van der Waals surface area contributed by atoms with E-state index in [9.17, 15) is 0 Å². The van der Waals surface area contributed by atoms with Crippen molar-refractivity contribution in [2.75, 3.05) is 5.73 Å². The number of nitrogens with two attached hydrogens (primary N) is 1. The quantitative estimate of drug-likeness (QED) is 0.730. The number of aromatic nitrogens is 2. The molecule has 0 aliphatic rings. The first-order valence-electron chi connectivity index (χ1n) is 4.09. The monoisotopic (exact) mass is 177 g/mol. The van der Waals surface area contributed by atoms with Gasteiger partial charge in [0.2, 0.25) is 0 Å². The van der Waals surface area contributed by atoms with Crippen LogP contribution in [0.25, 0.3) is 0 Å². The van der Waals surface area contributed by atoms with Gasteiger partial charge in [-0.1, -0.05) is 0 Å². The molecule has 0 spiro atoms.